The number of hydrogen-bond acceptors (Lipinski definition) is 4. The molecular formula is C5H15N2O2P. The summed E-state index contributed by atoms with van der Waals surface area (Å²) in [5.41, 5.74) is 2.33. The van der Waals surface area contributed by atoms with Crippen molar-refractivity contribution in [3.63, 3.8) is 0 Å². The Morgan fingerprint density at radius 2 is 2.20 bits per heavy atom. The number of hydrazine groups is 1. The Labute approximate surface area is 61.5 Å². The molecule has 0 radical (unpaired) electrons. The summed E-state index contributed by atoms with van der Waals surface area (Å²) in [5.74, 6) is 4.99. The molecule has 5 heteroatoms. The maximum absolute atomic E-state index is 11.3. The van der Waals surface area contributed by atoms with Crippen molar-refractivity contribution in [3.8, 4) is 0 Å². The lowest BCUT2D eigenvalue weighted by atomic mass is 10.5. The van der Waals surface area contributed by atoms with Gasteiger partial charge in [-0.15, -0.1) is 0 Å². The van der Waals surface area contributed by atoms with Crippen LogP contribution in [0.3, 0.4) is 0 Å². The van der Waals surface area contributed by atoms with Crippen LogP contribution < -0.4 is 11.3 Å². The van der Waals surface area contributed by atoms with Crippen LogP contribution in [0.15, 0.2) is 0 Å². The summed E-state index contributed by atoms with van der Waals surface area (Å²) in [5, 5.41) is 0. The first-order valence-electron chi connectivity index (χ1n) is 3.16. The number of rotatable bonds is 4. The van der Waals surface area contributed by atoms with Crippen LogP contribution in [0, 0.1) is 0 Å². The highest BCUT2D eigenvalue weighted by atomic mass is 31.2. The molecule has 0 aliphatic carbocycles. The Morgan fingerprint density at radius 1 is 1.70 bits per heavy atom. The zero-order valence-electron chi connectivity index (χ0n) is 6.63. The summed E-state index contributed by atoms with van der Waals surface area (Å²) in [6.07, 6.45) is 0.217. The highest BCUT2D eigenvalue weighted by molar-refractivity contribution is 7.58. The maximum Gasteiger partial charge on any atom is 0.215 e. The second kappa shape index (κ2) is 4.09. The maximum atomic E-state index is 11.3. The minimum Gasteiger partial charge on any atom is -0.325 e. The quantitative estimate of drug-likeness (QED) is 0.367. The van der Waals surface area contributed by atoms with Crippen molar-refractivity contribution in [2.75, 3.05) is 13.0 Å². The summed E-state index contributed by atoms with van der Waals surface area (Å²) in [6, 6.07) is 0. The fourth-order valence-electron chi connectivity index (χ4n) is 0.649. The lowest BCUT2D eigenvalue weighted by Crippen LogP contribution is -2.24. The van der Waals surface area contributed by atoms with Crippen LogP contribution in [-0.4, -0.2) is 19.1 Å². The molecule has 0 saturated carbocycles. The molecule has 0 aromatic heterocycles. The highest BCUT2D eigenvalue weighted by Crippen LogP contribution is 2.41. The van der Waals surface area contributed by atoms with Crippen LogP contribution in [0.2, 0.25) is 0 Å². The van der Waals surface area contributed by atoms with Gasteiger partial charge in [0.1, 0.15) is 0 Å². The zero-order valence-corrected chi connectivity index (χ0v) is 7.52. The van der Waals surface area contributed by atoms with E-state index in [4.69, 9.17) is 10.4 Å². The van der Waals surface area contributed by atoms with Gasteiger partial charge < -0.3 is 4.52 Å². The summed E-state index contributed by atoms with van der Waals surface area (Å²) in [4.78, 5) is 0. The highest BCUT2D eigenvalue weighted by Gasteiger charge is 2.15. The van der Waals surface area contributed by atoms with E-state index in [1.807, 2.05) is 13.8 Å². The molecule has 0 aliphatic heterocycles. The summed E-state index contributed by atoms with van der Waals surface area (Å²) in [7, 11) is -2.48. The van der Waals surface area contributed by atoms with Gasteiger partial charge in [-0.1, -0.05) is 0 Å². The number of hydrogen-bond donors (Lipinski definition) is 2. The van der Waals surface area contributed by atoms with E-state index in [0.717, 1.165) is 0 Å². The van der Waals surface area contributed by atoms with Crippen LogP contribution >= 0.6 is 7.37 Å². The molecule has 0 heterocycles. The topological polar surface area (TPSA) is 64.3 Å². The van der Waals surface area contributed by atoms with Gasteiger partial charge in [0.25, 0.3) is 0 Å². The molecule has 0 saturated heterocycles. The minimum absolute atomic E-state index is 0.0100. The van der Waals surface area contributed by atoms with E-state index >= 15 is 0 Å². The van der Waals surface area contributed by atoms with E-state index in [9.17, 15) is 4.57 Å². The van der Waals surface area contributed by atoms with Crippen molar-refractivity contribution >= 4 is 7.37 Å². The molecule has 0 aliphatic rings. The lowest BCUT2D eigenvalue weighted by Gasteiger charge is -2.15. The van der Waals surface area contributed by atoms with E-state index in [2.05, 4.69) is 5.43 Å². The largest absolute Gasteiger partial charge is 0.325 e. The molecule has 4 nitrogen and oxygen atoms in total. The second-order valence-corrected chi connectivity index (χ2v) is 5.09. The van der Waals surface area contributed by atoms with Crippen molar-refractivity contribution < 1.29 is 9.09 Å². The lowest BCUT2D eigenvalue weighted by molar-refractivity contribution is 0.245. The molecule has 0 bridgehead atoms. The zero-order chi connectivity index (χ0) is 8.20. The summed E-state index contributed by atoms with van der Waals surface area (Å²) in [6.45, 7) is 5.24. The predicted molar refractivity (Wildman–Crippen MR) is 41.9 cm³/mol. The fourth-order valence-corrected chi connectivity index (χ4v) is 1.95. The molecule has 0 fully saturated rings. The fraction of sp³-hybridized carbons (Fsp3) is 1.00. The number of nitrogens with two attached hydrogens (primary N) is 1. The summed E-state index contributed by atoms with van der Waals surface area (Å²) >= 11 is 0. The van der Waals surface area contributed by atoms with Gasteiger partial charge in [0, 0.05) is 6.66 Å². The van der Waals surface area contributed by atoms with E-state index in [1.165, 1.54) is 0 Å². The second-order valence-electron chi connectivity index (χ2n) is 2.53. The van der Waals surface area contributed by atoms with Crippen LogP contribution in [0.25, 0.3) is 0 Å². The van der Waals surface area contributed by atoms with Crippen LogP contribution in [-0.2, 0) is 9.09 Å². The first-order valence-corrected chi connectivity index (χ1v) is 5.42. The third-order valence-electron chi connectivity index (χ3n) is 0.812. The van der Waals surface area contributed by atoms with E-state index < -0.39 is 7.37 Å². The van der Waals surface area contributed by atoms with Gasteiger partial charge >= 0.3 is 0 Å². The van der Waals surface area contributed by atoms with Crippen molar-refractivity contribution in [1.29, 1.82) is 0 Å². The number of nitrogens with one attached hydrogen (secondary N) is 1. The van der Waals surface area contributed by atoms with Gasteiger partial charge in [0.05, 0.1) is 12.4 Å². The van der Waals surface area contributed by atoms with E-state index in [-0.39, 0.29) is 12.4 Å². The monoisotopic (exact) mass is 166 g/mol. The molecule has 0 spiro atoms. The van der Waals surface area contributed by atoms with Crippen molar-refractivity contribution in [3.05, 3.63) is 0 Å². The van der Waals surface area contributed by atoms with Crippen LogP contribution in [0.5, 0.6) is 0 Å². The Balaban J connectivity index is 3.75. The Morgan fingerprint density at radius 3 is 2.50 bits per heavy atom. The molecule has 0 amide bonds. The summed E-state index contributed by atoms with van der Waals surface area (Å²) < 4.78 is 16.4. The Kier molecular flexibility index (Phi) is 4.13. The first-order chi connectivity index (χ1) is 4.48. The van der Waals surface area contributed by atoms with Gasteiger partial charge in [-0.25, -0.2) is 0 Å². The van der Waals surface area contributed by atoms with Gasteiger partial charge in [-0.05, 0) is 13.8 Å². The standard InChI is InChI=1S/C5H15N2O2P/c1-5(2)9-10(3,8)4-7-6/h5,7H,4,6H2,1-3H3. The van der Waals surface area contributed by atoms with Crippen molar-refractivity contribution in [2.45, 2.75) is 20.0 Å². The van der Waals surface area contributed by atoms with E-state index in [0.29, 0.717) is 0 Å². The molecule has 0 aromatic rings. The third kappa shape index (κ3) is 4.94. The molecule has 0 rings (SSSR count). The van der Waals surface area contributed by atoms with Gasteiger partial charge in [-0.2, -0.15) is 0 Å². The normalized spacial score (nSPS) is 17.3. The van der Waals surface area contributed by atoms with Crippen LogP contribution in [0.4, 0.5) is 0 Å². The molecule has 62 valence electrons. The SMILES string of the molecule is CC(C)OP(C)(=O)CNN. The van der Waals surface area contributed by atoms with Gasteiger partial charge in [-0.3, -0.25) is 15.8 Å². The molecular weight excluding hydrogens is 151 g/mol. The van der Waals surface area contributed by atoms with Gasteiger partial charge in [0.2, 0.25) is 7.37 Å². The molecule has 1 atom stereocenters. The smallest absolute Gasteiger partial charge is 0.215 e. The van der Waals surface area contributed by atoms with Crippen molar-refractivity contribution in [1.82, 2.24) is 5.43 Å². The van der Waals surface area contributed by atoms with E-state index in [1.54, 1.807) is 6.66 Å². The Bertz CT molecular complexity index is 138. The molecule has 1 unspecified atom stereocenters. The van der Waals surface area contributed by atoms with Crippen molar-refractivity contribution in [2.24, 2.45) is 5.84 Å². The molecule has 3 N–H and O–H groups in total. The molecule has 0 aromatic carbocycles. The first kappa shape index (κ1) is 10.1. The Hall–Kier alpha value is 0.110. The predicted octanol–water partition coefficient (Wildman–Crippen LogP) is 0.740. The van der Waals surface area contributed by atoms with Gasteiger partial charge in [0.15, 0.2) is 0 Å². The molecule has 10 heavy (non-hydrogen) atoms. The minimum atomic E-state index is -2.48. The average molecular weight is 166 g/mol. The average Bonchev–Trinajstić information content (AvgIpc) is 1.59. The van der Waals surface area contributed by atoms with Crippen LogP contribution in [0.1, 0.15) is 13.8 Å². The third-order valence-corrected chi connectivity index (χ3v) is 2.44.